The number of amides is 2. The van der Waals surface area contributed by atoms with Crippen LogP contribution < -0.4 is 14.4 Å². The van der Waals surface area contributed by atoms with Gasteiger partial charge in [-0.2, -0.15) is 0 Å². The van der Waals surface area contributed by atoms with Gasteiger partial charge in [-0.3, -0.25) is 13.9 Å². The van der Waals surface area contributed by atoms with Gasteiger partial charge in [0, 0.05) is 23.0 Å². The molecule has 11 heteroatoms. The summed E-state index contributed by atoms with van der Waals surface area (Å²) >= 11 is 7.58. The summed E-state index contributed by atoms with van der Waals surface area (Å²) in [7, 11) is -4.22. The average Bonchev–Trinajstić information content (AvgIpc) is 3.00. The molecule has 0 radical (unpaired) electrons. The largest absolute Gasteiger partial charge is 0.492 e. The Hall–Kier alpha value is -3.21. The summed E-state index contributed by atoms with van der Waals surface area (Å²) in [6, 6.07) is 19.4. The molecule has 0 aromatic heterocycles. The maximum absolute atomic E-state index is 14.2. The van der Waals surface area contributed by atoms with Gasteiger partial charge in [0.05, 0.1) is 17.2 Å². The van der Waals surface area contributed by atoms with Crippen molar-refractivity contribution in [3.8, 4) is 5.75 Å². The summed E-state index contributed by atoms with van der Waals surface area (Å²) < 4.78 is 35.2. The van der Waals surface area contributed by atoms with Crippen molar-refractivity contribution in [3.63, 3.8) is 0 Å². The molecule has 3 aromatic rings. The third-order valence-corrected chi connectivity index (χ3v) is 9.33. The van der Waals surface area contributed by atoms with Crippen LogP contribution in [0.1, 0.15) is 39.2 Å². The standard InChI is InChI=1S/C31H38ClN3O5S2/c1-5-20-33-31(37)27(6-2)34(21-23-12-14-24(32)15-13-23)30(36)22-35(28-10-8-9-11-29(28)40-7-3)42(38,39)26-18-16-25(41-4)17-19-26/h8-19,27H,5-7,20-22H2,1-4H3,(H,33,37)/t27-/m0/s1. The predicted molar refractivity (Wildman–Crippen MR) is 170 cm³/mol. The normalized spacial score (nSPS) is 11.9. The Kier molecular flexibility index (Phi) is 12.6. The van der Waals surface area contributed by atoms with Crippen LogP contribution in [-0.2, 0) is 26.2 Å². The summed E-state index contributed by atoms with van der Waals surface area (Å²) in [4.78, 5) is 29.8. The molecule has 8 nitrogen and oxygen atoms in total. The highest BCUT2D eigenvalue weighted by Gasteiger charge is 2.34. The topological polar surface area (TPSA) is 96.0 Å². The molecular weight excluding hydrogens is 594 g/mol. The number of halogens is 1. The molecule has 0 unspecified atom stereocenters. The SMILES string of the molecule is CCCNC(=O)[C@H](CC)N(Cc1ccc(Cl)cc1)C(=O)CN(c1ccccc1OCC)S(=O)(=O)c1ccc(SC)cc1. The van der Waals surface area contributed by atoms with Crippen LogP contribution in [0.3, 0.4) is 0 Å². The van der Waals surface area contributed by atoms with E-state index in [4.69, 9.17) is 16.3 Å². The van der Waals surface area contributed by atoms with Crippen molar-refractivity contribution < 1.29 is 22.7 Å². The Morgan fingerprint density at radius 3 is 2.24 bits per heavy atom. The monoisotopic (exact) mass is 631 g/mol. The lowest BCUT2D eigenvalue weighted by Crippen LogP contribution is -2.52. The highest BCUT2D eigenvalue weighted by Crippen LogP contribution is 2.33. The van der Waals surface area contributed by atoms with E-state index in [1.807, 2.05) is 20.1 Å². The van der Waals surface area contributed by atoms with Gasteiger partial charge in [0.2, 0.25) is 11.8 Å². The second kappa shape index (κ2) is 15.9. The number of anilines is 1. The number of benzene rings is 3. The molecule has 3 rings (SSSR count). The third kappa shape index (κ3) is 8.42. The van der Waals surface area contributed by atoms with Gasteiger partial charge < -0.3 is 15.0 Å². The Balaban J connectivity index is 2.10. The highest BCUT2D eigenvalue weighted by atomic mass is 35.5. The van der Waals surface area contributed by atoms with Crippen LogP contribution in [-0.4, -0.2) is 57.1 Å². The quantitative estimate of drug-likeness (QED) is 0.207. The number of nitrogens with one attached hydrogen (secondary N) is 1. The Labute approximate surface area is 258 Å². The molecule has 226 valence electrons. The molecule has 0 saturated carbocycles. The Morgan fingerprint density at radius 1 is 0.976 bits per heavy atom. The average molecular weight is 632 g/mol. The van der Waals surface area contributed by atoms with E-state index >= 15 is 0 Å². The molecule has 1 N–H and O–H groups in total. The molecule has 3 aromatic carbocycles. The summed E-state index contributed by atoms with van der Waals surface area (Å²) in [6.07, 6.45) is 2.99. The van der Waals surface area contributed by atoms with Gasteiger partial charge in [-0.15, -0.1) is 11.8 Å². The number of sulfonamides is 1. The predicted octanol–water partition coefficient (Wildman–Crippen LogP) is 5.99. The minimum atomic E-state index is -4.22. The van der Waals surface area contributed by atoms with Crippen molar-refractivity contribution >= 4 is 50.9 Å². The minimum absolute atomic E-state index is 0.0383. The zero-order valence-electron chi connectivity index (χ0n) is 24.4. The van der Waals surface area contributed by atoms with Gasteiger partial charge in [-0.25, -0.2) is 8.42 Å². The number of carbonyl (C=O) groups is 2. The lowest BCUT2D eigenvalue weighted by molar-refractivity contribution is -0.140. The van der Waals surface area contributed by atoms with Gasteiger partial charge in [-0.05, 0) is 80.1 Å². The number of carbonyl (C=O) groups excluding carboxylic acids is 2. The van der Waals surface area contributed by atoms with Crippen LogP contribution in [0.15, 0.2) is 82.6 Å². The number of hydrogen-bond acceptors (Lipinski definition) is 6. The number of ether oxygens (including phenoxy) is 1. The maximum atomic E-state index is 14.2. The van der Waals surface area contributed by atoms with E-state index in [1.54, 1.807) is 67.6 Å². The van der Waals surface area contributed by atoms with E-state index in [0.717, 1.165) is 21.2 Å². The molecule has 42 heavy (non-hydrogen) atoms. The van der Waals surface area contributed by atoms with E-state index in [2.05, 4.69) is 5.32 Å². The summed E-state index contributed by atoms with van der Waals surface area (Å²) in [6.45, 7) is 5.90. The van der Waals surface area contributed by atoms with Crippen LogP contribution in [0, 0.1) is 0 Å². The van der Waals surface area contributed by atoms with Crippen LogP contribution >= 0.6 is 23.4 Å². The van der Waals surface area contributed by atoms with Crippen molar-refractivity contribution in [2.45, 2.75) is 56.0 Å². The van der Waals surface area contributed by atoms with Gasteiger partial charge in [-0.1, -0.05) is 49.7 Å². The molecule has 0 heterocycles. The second-order valence-corrected chi connectivity index (χ2v) is 12.6. The van der Waals surface area contributed by atoms with E-state index in [0.29, 0.717) is 30.3 Å². The van der Waals surface area contributed by atoms with Crippen molar-refractivity contribution in [2.24, 2.45) is 0 Å². The smallest absolute Gasteiger partial charge is 0.264 e. The number of hydrogen-bond donors (Lipinski definition) is 1. The number of nitrogens with zero attached hydrogens (tertiary/aromatic N) is 2. The third-order valence-electron chi connectivity index (χ3n) is 6.56. The number of thioether (sulfide) groups is 1. The molecule has 0 aliphatic heterocycles. The van der Waals surface area contributed by atoms with Crippen LogP contribution in [0.5, 0.6) is 5.75 Å². The lowest BCUT2D eigenvalue weighted by atomic mass is 10.1. The van der Waals surface area contributed by atoms with Gasteiger partial charge in [0.15, 0.2) is 0 Å². The van der Waals surface area contributed by atoms with Gasteiger partial charge >= 0.3 is 0 Å². The van der Waals surface area contributed by atoms with Crippen LogP contribution in [0.2, 0.25) is 5.02 Å². The van der Waals surface area contributed by atoms with Crippen LogP contribution in [0.4, 0.5) is 5.69 Å². The van der Waals surface area contributed by atoms with E-state index in [1.165, 1.54) is 28.8 Å². The van der Waals surface area contributed by atoms with Gasteiger partial charge in [0.25, 0.3) is 10.0 Å². The molecular formula is C31H38ClN3O5S2. The first-order valence-electron chi connectivity index (χ1n) is 13.9. The number of rotatable bonds is 15. The van der Waals surface area contributed by atoms with Crippen molar-refractivity contribution in [1.82, 2.24) is 10.2 Å². The van der Waals surface area contributed by atoms with Crippen molar-refractivity contribution in [2.75, 3.05) is 30.3 Å². The fourth-order valence-corrected chi connectivity index (χ4v) is 6.36. The van der Waals surface area contributed by atoms with Crippen molar-refractivity contribution in [3.05, 3.63) is 83.4 Å². The molecule has 0 spiro atoms. The molecule has 1 atom stereocenters. The molecule has 0 fully saturated rings. The zero-order chi connectivity index (χ0) is 30.7. The molecule has 0 aliphatic carbocycles. The minimum Gasteiger partial charge on any atom is -0.492 e. The second-order valence-electron chi connectivity index (χ2n) is 9.45. The molecule has 0 bridgehead atoms. The van der Waals surface area contributed by atoms with E-state index in [9.17, 15) is 18.0 Å². The number of para-hydroxylation sites is 2. The summed E-state index contributed by atoms with van der Waals surface area (Å²) in [5.41, 5.74) is 0.989. The fraction of sp³-hybridized carbons (Fsp3) is 0.355. The first-order valence-corrected chi connectivity index (χ1v) is 16.9. The molecule has 2 amide bonds. The van der Waals surface area contributed by atoms with Crippen LogP contribution in [0.25, 0.3) is 0 Å². The van der Waals surface area contributed by atoms with Gasteiger partial charge in [0.1, 0.15) is 18.3 Å². The molecule has 0 aliphatic rings. The zero-order valence-corrected chi connectivity index (χ0v) is 26.8. The highest BCUT2D eigenvalue weighted by molar-refractivity contribution is 7.98. The van der Waals surface area contributed by atoms with E-state index < -0.39 is 28.5 Å². The fourth-order valence-electron chi connectivity index (χ4n) is 4.40. The first kappa shape index (κ1) is 33.3. The lowest BCUT2D eigenvalue weighted by Gasteiger charge is -2.33. The van der Waals surface area contributed by atoms with Crippen molar-refractivity contribution in [1.29, 1.82) is 0 Å². The summed E-state index contributed by atoms with van der Waals surface area (Å²) in [5, 5.41) is 3.43. The maximum Gasteiger partial charge on any atom is 0.264 e. The first-order chi connectivity index (χ1) is 20.2. The Morgan fingerprint density at radius 2 is 1.64 bits per heavy atom. The Bertz CT molecular complexity index is 1430. The molecule has 0 saturated heterocycles. The van der Waals surface area contributed by atoms with E-state index in [-0.39, 0.29) is 23.0 Å². The summed E-state index contributed by atoms with van der Waals surface area (Å²) in [5.74, 6) is -0.494.